The zero-order chi connectivity index (χ0) is 13.8. The lowest BCUT2D eigenvalue weighted by molar-refractivity contribution is 0.0695. The number of carbonyl (C=O) groups is 1. The first kappa shape index (κ1) is 13.7. The number of benzene rings is 1. The van der Waals surface area contributed by atoms with Gasteiger partial charge in [-0.15, -0.1) is 0 Å². The third kappa shape index (κ3) is 2.81. The number of hydrogen-bond donors (Lipinski definition) is 1. The smallest absolute Gasteiger partial charge is 0.341 e. The Morgan fingerprint density at radius 2 is 2.11 bits per heavy atom. The highest BCUT2D eigenvalue weighted by Gasteiger charge is 2.13. The van der Waals surface area contributed by atoms with E-state index in [-0.39, 0.29) is 5.56 Å². The molecule has 0 bridgehead atoms. The van der Waals surface area contributed by atoms with Gasteiger partial charge in [-0.1, -0.05) is 19.1 Å². The Morgan fingerprint density at radius 3 is 2.79 bits per heavy atom. The van der Waals surface area contributed by atoms with Crippen LogP contribution >= 0.6 is 11.8 Å². The van der Waals surface area contributed by atoms with Crippen LogP contribution in [0.15, 0.2) is 35.3 Å². The molecular formula is C14H15NO3S. The molecule has 0 unspecified atom stereocenters. The summed E-state index contributed by atoms with van der Waals surface area (Å²) in [5, 5.41) is 9.56. The molecule has 0 spiro atoms. The van der Waals surface area contributed by atoms with Crippen molar-refractivity contribution >= 4 is 28.6 Å². The van der Waals surface area contributed by atoms with E-state index in [0.717, 1.165) is 17.0 Å². The van der Waals surface area contributed by atoms with Gasteiger partial charge in [-0.2, -0.15) is 11.8 Å². The van der Waals surface area contributed by atoms with Crippen LogP contribution in [-0.4, -0.2) is 27.1 Å². The molecule has 0 fully saturated rings. The lowest BCUT2D eigenvalue weighted by atomic mass is 10.1. The summed E-state index contributed by atoms with van der Waals surface area (Å²) in [6.45, 7) is 2.77. The number of thioether (sulfide) groups is 1. The summed E-state index contributed by atoms with van der Waals surface area (Å²) in [7, 11) is 0. The Balaban J connectivity index is 2.58. The van der Waals surface area contributed by atoms with Crippen LogP contribution < -0.4 is 5.43 Å². The summed E-state index contributed by atoms with van der Waals surface area (Å²) in [6, 6.07) is 7.12. The van der Waals surface area contributed by atoms with Crippen LogP contribution in [0.4, 0.5) is 0 Å². The number of hydrogen-bond acceptors (Lipinski definition) is 3. The summed E-state index contributed by atoms with van der Waals surface area (Å²) in [5.41, 5.74) is 0.205. The van der Waals surface area contributed by atoms with Crippen molar-refractivity contribution in [2.75, 3.05) is 11.5 Å². The van der Waals surface area contributed by atoms with Gasteiger partial charge in [0.05, 0.1) is 5.52 Å². The van der Waals surface area contributed by atoms with Gasteiger partial charge in [0.2, 0.25) is 5.43 Å². The SMILES string of the molecule is CCSCCn1cc(C(=O)O)c(=O)c2ccccc21. The van der Waals surface area contributed by atoms with E-state index in [2.05, 4.69) is 6.92 Å². The third-order valence-electron chi connectivity index (χ3n) is 2.90. The lowest BCUT2D eigenvalue weighted by Crippen LogP contribution is -2.19. The summed E-state index contributed by atoms with van der Waals surface area (Å²) < 4.78 is 1.85. The Bertz CT molecular complexity index is 663. The maximum atomic E-state index is 12.1. The predicted octanol–water partition coefficient (Wildman–Crippen LogP) is 2.45. The largest absolute Gasteiger partial charge is 0.477 e. The first-order chi connectivity index (χ1) is 9.15. The highest BCUT2D eigenvalue weighted by molar-refractivity contribution is 7.99. The molecule has 1 heterocycles. The molecule has 2 rings (SSSR count). The zero-order valence-corrected chi connectivity index (χ0v) is 11.4. The Hall–Kier alpha value is -1.75. The first-order valence-corrected chi connectivity index (χ1v) is 7.24. The number of rotatable bonds is 5. The van der Waals surface area contributed by atoms with Crippen LogP contribution in [-0.2, 0) is 6.54 Å². The molecule has 0 aliphatic heterocycles. The molecule has 1 aromatic heterocycles. The maximum absolute atomic E-state index is 12.1. The van der Waals surface area contributed by atoms with Crippen LogP contribution in [0.2, 0.25) is 0 Å². The van der Waals surface area contributed by atoms with Crippen molar-refractivity contribution in [3.8, 4) is 0 Å². The summed E-state index contributed by atoms with van der Waals surface area (Å²) in [6.07, 6.45) is 1.45. The molecule has 0 aliphatic rings. The average Bonchev–Trinajstić information content (AvgIpc) is 2.41. The molecule has 1 aromatic carbocycles. The fourth-order valence-electron chi connectivity index (χ4n) is 1.99. The van der Waals surface area contributed by atoms with Crippen LogP contribution in [0.25, 0.3) is 10.9 Å². The monoisotopic (exact) mass is 277 g/mol. The zero-order valence-electron chi connectivity index (χ0n) is 10.6. The second-order valence-electron chi connectivity index (χ2n) is 4.08. The molecule has 5 heteroatoms. The number of fused-ring (bicyclic) bond motifs is 1. The normalized spacial score (nSPS) is 10.8. The van der Waals surface area contributed by atoms with Crippen molar-refractivity contribution in [1.29, 1.82) is 0 Å². The molecule has 0 aliphatic carbocycles. The number of pyridine rings is 1. The van der Waals surface area contributed by atoms with Gasteiger partial charge in [0.15, 0.2) is 0 Å². The van der Waals surface area contributed by atoms with Gasteiger partial charge in [-0.05, 0) is 17.9 Å². The number of aromatic carboxylic acids is 1. The van der Waals surface area contributed by atoms with E-state index in [4.69, 9.17) is 5.11 Å². The van der Waals surface area contributed by atoms with E-state index < -0.39 is 11.4 Å². The Labute approximate surface area is 115 Å². The van der Waals surface area contributed by atoms with Gasteiger partial charge in [0.25, 0.3) is 0 Å². The van der Waals surface area contributed by atoms with Gasteiger partial charge in [0, 0.05) is 23.9 Å². The average molecular weight is 277 g/mol. The minimum Gasteiger partial charge on any atom is -0.477 e. The van der Waals surface area contributed by atoms with Crippen LogP contribution in [0, 0.1) is 0 Å². The van der Waals surface area contributed by atoms with E-state index in [1.165, 1.54) is 6.20 Å². The minimum atomic E-state index is -1.17. The molecule has 2 aromatic rings. The van der Waals surface area contributed by atoms with Gasteiger partial charge in [-0.3, -0.25) is 4.79 Å². The van der Waals surface area contributed by atoms with Gasteiger partial charge < -0.3 is 9.67 Å². The molecule has 1 N–H and O–H groups in total. The summed E-state index contributed by atoms with van der Waals surface area (Å²) in [5.74, 6) is 0.736. The molecular weight excluding hydrogens is 262 g/mol. The van der Waals surface area contributed by atoms with Crippen molar-refractivity contribution in [1.82, 2.24) is 4.57 Å². The highest BCUT2D eigenvalue weighted by Crippen LogP contribution is 2.13. The number of aryl methyl sites for hydroxylation is 1. The van der Waals surface area contributed by atoms with Crippen LogP contribution in [0.3, 0.4) is 0 Å². The number of nitrogens with zero attached hydrogens (tertiary/aromatic N) is 1. The van der Waals surface area contributed by atoms with E-state index in [9.17, 15) is 9.59 Å². The van der Waals surface area contributed by atoms with Gasteiger partial charge >= 0.3 is 5.97 Å². The molecule has 0 saturated heterocycles. The molecule has 0 amide bonds. The topological polar surface area (TPSA) is 59.3 Å². The fourth-order valence-corrected chi connectivity index (χ4v) is 2.60. The minimum absolute atomic E-state index is 0.166. The number of para-hydroxylation sites is 1. The third-order valence-corrected chi connectivity index (χ3v) is 3.78. The molecule has 0 radical (unpaired) electrons. The van der Waals surface area contributed by atoms with Crippen molar-refractivity contribution in [3.63, 3.8) is 0 Å². The second kappa shape index (κ2) is 5.93. The van der Waals surface area contributed by atoms with Crippen molar-refractivity contribution in [3.05, 3.63) is 46.2 Å². The quantitative estimate of drug-likeness (QED) is 0.853. The summed E-state index contributed by atoms with van der Waals surface area (Å²) >= 11 is 1.78. The van der Waals surface area contributed by atoms with Gasteiger partial charge in [0.1, 0.15) is 5.56 Å². The van der Waals surface area contributed by atoms with E-state index in [0.29, 0.717) is 11.9 Å². The van der Waals surface area contributed by atoms with E-state index in [1.54, 1.807) is 23.9 Å². The van der Waals surface area contributed by atoms with Crippen LogP contribution in [0.5, 0.6) is 0 Å². The molecule has 4 nitrogen and oxygen atoms in total. The van der Waals surface area contributed by atoms with Gasteiger partial charge in [-0.25, -0.2) is 4.79 Å². The maximum Gasteiger partial charge on any atom is 0.341 e. The van der Waals surface area contributed by atoms with Crippen molar-refractivity contribution in [2.24, 2.45) is 0 Å². The molecule has 0 atom stereocenters. The summed E-state index contributed by atoms with van der Waals surface area (Å²) in [4.78, 5) is 23.2. The van der Waals surface area contributed by atoms with Crippen LogP contribution in [0.1, 0.15) is 17.3 Å². The lowest BCUT2D eigenvalue weighted by Gasteiger charge is -2.11. The first-order valence-electron chi connectivity index (χ1n) is 6.08. The molecule has 19 heavy (non-hydrogen) atoms. The van der Waals surface area contributed by atoms with E-state index in [1.807, 2.05) is 16.7 Å². The highest BCUT2D eigenvalue weighted by atomic mass is 32.2. The number of carboxylic acid groups (broad SMARTS) is 1. The number of carboxylic acids is 1. The molecule has 0 saturated carbocycles. The predicted molar refractivity (Wildman–Crippen MR) is 78.2 cm³/mol. The molecule has 100 valence electrons. The Kier molecular flexibility index (Phi) is 4.27. The Morgan fingerprint density at radius 1 is 1.37 bits per heavy atom. The van der Waals surface area contributed by atoms with E-state index >= 15 is 0 Å². The van der Waals surface area contributed by atoms with Crippen molar-refractivity contribution in [2.45, 2.75) is 13.5 Å². The fraction of sp³-hybridized carbons (Fsp3) is 0.286. The van der Waals surface area contributed by atoms with Crippen molar-refractivity contribution < 1.29 is 9.90 Å². The number of aromatic nitrogens is 1. The standard InChI is InChI=1S/C14H15NO3S/c1-2-19-8-7-15-9-11(14(17)18)13(16)10-5-3-4-6-12(10)15/h3-6,9H,2,7-8H2,1H3,(H,17,18). The second-order valence-corrected chi connectivity index (χ2v) is 5.48.